The van der Waals surface area contributed by atoms with Crippen LogP contribution in [-0.2, 0) is 0 Å². The Bertz CT molecular complexity index is 651. The summed E-state index contributed by atoms with van der Waals surface area (Å²) >= 11 is 11.3. The number of rotatable bonds is 3. The van der Waals surface area contributed by atoms with Gasteiger partial charge in [0.05, 0.1) is 15.5 Å². The van der Waals surface area contributed by atoms with Crippen molar-refractivity contribution in [3.63, 3.8) is 0 Å². The molecule has 0 heterocycles. The van der Waals surface area contributed by atoms with Gasteiger partial charge in [-0.15, -0.1) is 0 Å². The van der Waals surface area contributed by atoms with Crippen molar-refractivity contribution in [3.05, 3.63) is 66.2 Å². The van der Waals surface area contributed by atoms with Crippen molar-refractivity contribution in [1.82, 2.24) is 5.32 Å². The van der Waals surface area contributed by atoms with Gasteiger partial charge in [-0.05, 0) is 75.4 Å². The van der Waals surface area contributed by atoms with Gasteiger partial charge in [-0.3, -0.25) is 0 Å². The van der Waals surface area contributed by atoms with E-state index in [4.69, 9.17) is 11.6 Å². The van der Waals surface area contributed by atoms with Crippen LogP contribution in [0.25, 0.3) is 0 Å². The molecule has 2 aromatic rings. The van der Waals surface area contributed by atoms with Crippen LogP contribution in [0.2, 0.25) is 5.02 Å². The Morgan fingerprint density at radius 3 is 2.55 bits per heavy atom. The second-order valence-electron chi connectivity index (χ2n) is 4.15. The van der Waals surface area contributed by atoms with Crippen molar-refractivity contribution in [2.24, 2.45) is 0 Å². The SMILES string of the molecule is CNC(c1ccc(I)c(Cl)c1)c1c(F)ccc(Br)c1F. The number of halogens is 5. The molecule has 0 aliphatic carbocycles. The molecule has 0 saturated heterocycles. The molecular formula is C14H10BrClF2IN. The van der Waals surface area contributed by atoms with E-state index in [1.54, 1.807) is 19.2 Å². The van der Waals surface area contributed by atoms with E-state index in [-0.39, 0.29) is 10.0 Å². The van der Waals surface area contributed by atoms with Gasteiger partial charge in [-0.25, -0.2) is 8.78 Å². The van der Waals surface area contributed by atoms with Crippen LogP contribution in [-0.4, -0.2) is 7.05 Å². The molecule has 0 spiro atoms. The number of nitrogens with one attached hydrogen (secondary N) is 1. The number of benzene rings is 2. The first-order chi connectivity index (χ1) is 9.45. The first-order valence-corrected chi connectivity index (χ1v) is 7.96. The highest BCUT2D eigenvalue weighted by atomic mass is 127. The van der Waals surface area contributed by atoms with Gasteiger partial charge in [0.1, 0.15) is 11.6 Å². The molecule has 2 aromatic carbocycles. The molecule has 106 valence electrons. The lowest BCUT2D eigenvalue weighted by Crippen LogP contribution is -2.20. The highest BCUT2D eigenvalue weighted by molar-refractivity contribution is 14.1. The fraction of sp³-hybridized carbons (Fsp3) is 0.143. The second-order valence-corrected chi connectivity index (χ2v) is 6.58. The maximum atomic E-state index is 14.2. The lowest BCUT2D eigenvalue weighted by molar-refractivity contribution is 0.518. The topological polar surface area (TPSA) is 12.0 Å². The Labute approximate surface area is 143 Å². The molecule has 0 aliphatic heterocycles. The fourth-order valence-electron chi connectivity index (χ4n) is 1.98. The summed E-state index contributed by atoms with van der Waals surface area (Å²) in [7, 11) is 1.65. The standard InChI is InChI=1S/C14H10BrClF2IN/c1-20-14(7-2-5-11(19)9(16)6-7)12-10(17)4-3-8(15)13(12)18/h2-6,14,20H,1H3. The molecule has 0 radical (unpaired) electrons. The fourth-order valence-corrected chi connectivity index (χ4v) is 2.85. The van der Waals surface area contributed by atoms with E-state index in [0.717, 1.165) is 3.57 Å². The number of hydrogen-bond acceptors (Lipinski definition) is 1. The van der Waals surface area contributed by atoms with E-state index in [1.165, 1.54) is 12.1 Å². The van der Waals surface area contributed by atoms with E-state index in [2.05, 4.69) is 43.8 Å². The molecule has 1 atom stereocenters. The van der Waals surface area contributed by atoms with Gasteiger partial charge in [0.2, 0.25) is 0 Å². The Hall–Kier alpha value is -0.240. The van der Waals surface area contributed by atoms with Gasteiger partial charge < -0.3 is 5.32 Å². The van der Waals surface area contributed by atoms with Gasteiger partial charge >= 0.3 is 0 Å². The second kappa shape index (κ2) is 6.68. The summed E-state index contributed by atoms with van der Waals surface area (Å²) in [6.45, 7) is 0. The summed E-state index contributed by atoms with van der Waals surface area (Å²) in [4.78, 5) is 0. The van der Waals surface area contributed by atoms with Gasteiger partial charge in [0.25, 0.3) is 0 Å². The Morgan fingerprint density at radius 2 is 1.95 bits per heavy atom. The Morgan fingerprint density at radius 1 is 1.25 bits per heavy atom. The van der Waals surface area contributed by atoms with Crippen LogP contribution in [0.15, 0.2) is 34.8 Å². The third-order valence-corrected chi connectivity index (χ3v) is 5.12. The van der Waals surface area contributed by atoms with Crippen molar-refractivity contribution in [2.45, 2.75) is 6.04 Å². The van der Waals surface area contributed by atoms with Crippen molar-refractivity contribution in [2.75, 3.05) is 7.05 Å². The van der Waals surface area contributed by atoms with E-state index >= 15 is 0 Å². The molecule has 1 unspecified atom stereocenters. The van der Waals surface area contributed by atoms with Gasteiger partial charge in [0, 0.05) is 9.13 Å². The summed E-state index contributed by atoms with van der Waals surface area (Å²) in [5.41, 5.74) is 0.674. The smallest absolute Gasteiger partial charge is 0.145 e. The molecule has 2 rings (SSSR count). The molecule has 1 N–H and O–H groups in total. The van der Waals surface area contributed by atoms with Crippen LogP contribution in [0.3, 0.4) is 0 Å². The molecule has 0 bridgehead atoms. The molecule has 0 amide bonds. The van der Waals surface area contributed by atoms with Crippen LogP contribution in [0.4, 0.5) is 8.78 Å². The van der Waals surface area contributed by atoms with E-state index in [1.807, 2.05) is 6.07 Å². The first-order valence-electron chi connectivity index (χ1n) is 5.71. The van der Waals surface area contributed by atoms with Crippen LogP contribution in [0.1, 0.15) is 17.2 Å². The zero-order valence-electron chi connectivity index (χ0n) is 10.4. The molecule has 0 aromatic heterocycles. The highest BCUT2D eigenvalue weighted by Crippen LogP contribution is 2.32. The molecular weight excluding hydrogens is 462 g/mol. The lowest BCUT2D eigenvalue weighted by atomic mass is 9.98. The molecule has 0 aliphatic rings. The zero-order valence-corrected chi connectivity index (χ0v) is 14.9. The van der Waals surface area contributed by atoms with Crippen LogP contribution in [0, 0.1) is 15.2 Å². The minimum Gasteiger partial charge on any atom is -0.309 e. The van der Waals surface area contributed by atoms with E-state index < -0.39 is 17.7 Å². The monoisotopic (exact) mass is 471 g/mol. The third kappa shape index (κ3) is 3.16. The molecule has 0 saturated carbocycles. The van der Waals surface area contributed by atoms with Crippen molar-refractivity contribution in [1.29, 1.82) is 0 Å². The maximum absolute atomic E-state index is 14.2. The third-order valence-electron chi connectivity index (χ3n) is 2.93. The van der Waals surface area contributed by atoms with Crippen LogP contribution in [0.5, 0.6) is 0 Å². The van der Waals surface area contributed by atoms with Crippen LogP contribution >= 0.6 is 50.1 Å². The summed E-state index contributed by atoms with van der Waals surface area (Å²) < 4.78 is 29.3. The lowest BCUT2D eigenvalue weighted by Gasteiger charge is -2.19. The minimum absolute atomic E-state index is 0.0286. The van der Waals surface area contributed by atoms with Gasteiger partial charge in [-0.1, -0.05) is 17.7 Å². The molecule has 6 heteroatoms. The van der Waals surface area contributed by atoms with Gasteiger partial charge in [0.15, 0.2) is 0 Å². The molecule has 1 nitrogen and oxygen atoms in total. The Balaban J connectivity index is 2.58. The minimum atomic E-state index is -0.612. The normalized spacial score (nSPS) is 12.5. The summed E-state index contributed by atoms with van der Waals surface area (Å²) in [5, 5.41) is 3.48. The Kier molecular flexibility index (Phi) is 5.39. The summed E-state index contributed by atoms with van der Waals surface area (Å²) in [6.07, 6.45) is 0. The predicted molar refractivity (Wildman–Crippen MR) is 89.1 cm³/mol. The average Bonchev–Trinajstić information content (AvgIpc) is 2.42. The maximum Gasteiger partial charge on any atom is 0.145 e. The van der Waals surface area contributed by atoms with Gasteiger partial charge in [-0.2, -0.15) is 0 Å². The van der Waals surface area contributed by atoms with E-state index in [9.17, 15) is 8.78 Å². The molecule has 0 fully saturated rings. The largest absolute Gasteiger partial charge is 0.309 e. The first kappa shape index (κ1) is 16.1. The van der Waals surface area contributed by atoms with Crippen molar-refractivity contribution in [3.8, 4) is 0 Å². The van der Waals surface area contributed by atoms with Crippen molar-refractivity contribution >= 4 is 50.1 Å². The quantitative estimate of drug-likeness (QED) is 0.473. The highest BCUT2D eigenvalue weighted by Gasteiger charge is 2.22. The zero-order chi connectivity index (χ0) is 14.9. The summed E-state index contributed by atoms with van der Waals surface area (Å²) in [6, 6.07) is 7.31. The van der Waals surface area contributed by atoms with Crippen LogP contribution < -0.4 is 5.32 Å². The van der Waals surface area contributed by atoms with E-state index in [0.29, 0.717) is 10.6 Å². The van der Waals surface area contributed by atoms with Crippen molar-refractivity contribution < 1.29 is 8.78 Å². The predicted octanol–water partition coefficient (Wildman–Crippen LogP) is 5.29. The average molecular weight is 472 g/mol. The number of hydrogen-bond donors (Lipinski definition) is 1. The summed E-state index contributed by atoms with van der Waals surface area (Å²) in [5.74, 6) is -1.21. The molecule has 20 heavy (non-hydrogen) atoms.